The highest BCUT2D eigenvalue weighted by molar-refractivity contribution is 5.78. The summed E-state index contributed by atoms with van der Waals surface area (Å²) < 4.78 is 1.99. The number of carbonyl (C=O) groups excluding carboxylic acids is 1. The van der Waals surface area contributed by atoms with Gasteiger partial charge in [-0.25, -0.2) is 9.97 Å². The molecule has 2 aromatic rings. The van der Waals surface area contributed by atoms with Crippen molar-refractivity contribution in [2.75, 3.05) is 0 Å². The van der Waals surface area contributed by atoms with E-state index in [-0.39, 0.29) is 23.9 Å². The van der Waals surface area contributed by atoms with Crippen LogP contribution in [-0.2, 0) is 17.8 Å². The molecule has 0 unspecified atom stereocenters. The first-order valence-corrected chi connectivity index (χ1v) is 7.23. The molecule has 2 rings (SSSR count). The summed E-state index contributed by atoms with van der Waals surface area (Å²) in [6.45, 7) is 7.88. The Labute approximate surface area is 128 Å². The van der Waals surface area contributed by atoms with Crippen LogP contribution in [-0.4, -0.2) is 25.4 Å². The number of amides is 1. The lowest BCUT2D eigenvalue weighted by molar-refractivity contribution is -0.120. The van der Waals surface area contributed by atoms with Crippen LogP contribution in [0.3, 0.4) is 0 Å². The van der Waals surface area contributed by atoms with Gasteiger partial charge in [0, 0.05) is 29.7 Å². The van der Waals surface area contributed by atoms with Gasteiger partial charge in [0.05, 0.1) is 13.0 Å². The maximum Gasteiger partial charge on any atom is 0.254 e. The summed E-state index contributed by atoms with van der Waals surface area (Å²) in [5.41, 5.74) is 0.721. The van der Waals surface area contributed by atoms with Crippen LogP contribution in [0.1, 0.15) is 42.8 Å². The molecule has 7 heteroatoms. The number of aromatic nitrogens is 4. The molecule has 118 valence electrons. The molecular formula is C15H21N5O2. The maximum atomic E-state index is 12.0. The molecule has 0 aliphatic carbocycles. The Kier molecular flexibility index (Phi) is 4.75. The van der Waals surface area contributed by atoms with Crippen LogP contribution in [0.2, 0.25) is 0 Å². The molecule has 0 aliphatic rings. The number of aromatic amines is 1. The van der Waals surface area contributed by atoms with Gasteiger partial charge in [0.1, 0.15) is 11.6 Å². The van der Waals surface area contributed by atoms with Gasteiger partial charge in [-0.15, -0.1) is 0 Å². The van der Waals surface area contributed by atoms with Gasteiger partial charge in [-0.2, -0.15) is 0 Å². The van der Waals surface area contributed by atoms with Crippen molar-refractivity contribution >= 4 is 5.91 Å². The van der Waals surface area contributed by atoms with Crippen molar-refractivity contribution in [3.05, 3.63) is 45.7 Å². The van der Waals surface area contributed by atoms with Gasteiger partial charge in [0.2, 0.25) is 5.91 Å². The molecule has 0 spiro atoms. The number of H-pyrrole nitrogens is 1. The molecule has 0 saturated carbocycles. The van der Waals surface area contributed by atoms with Crippen molar-refractivity contribution in [3.63, 3.8) is 0 Å². The molecule has 2 heterocycles. The summed E-state index contributed by atoms with van der Waals surface area (Å²) in [7, 11) is 0. The van der Waals surface area contributed by atoms with Crippen molar-refractivity contribution in [1.29, 1.82) is 0 Å². The van der Waals surface area contributed by atoms with E-state index in [1.807, 2.05) is 24.6 Å². The third-order valence-electron chi connectivity index (χ3n) is 3.43. The molecular weight excluding hydrogens is 282 g/mol. The SMILES string of the molecule is Cc1nc(C)c(CC(=O)NCc2nccn2C(C)C)c(=O)[nH]1. The van der Waals surface area contributed by atoms with Crippen LogP contribution < -0.4 is 10.9 Å². The largest absolute Gasteiger partial charge is 0.349 e. The molecule has 0 radical (unpaired) electrons. The smallest absolute Gasteiger partial charge is 0.254 e. The molecule has 0 bridgehead atoms. The number of nitrogens with zero attached hydrogens (tertiary/aromatic N) is 3. The Morgan fingerprint density at radius 1 is 1.41 bits per heavy atom. The number of rotatable bonds is 5. The van der Waals surface area contributed by atoms with Crippen LogP contribution in [0, 0.1) is 13.8 Å². The van der Waals surface area contributed by atoms with Gasteiger partial charge in [-0.05, 0) is 27.7 Å². The van der Waals surface area contributed by atoms with E-state index < -0.39 is 0 Å². The maximum absolute atomic E-state index is 12.0. The number of carbonyl (C=O) groups is 1. The van der Waals surface area contributed by atoms with Gasteiger partial charge in [-0.3, -0.25) is 9.59 Å². The second-order valence-corrected chi connectivity index (χ2v) is 5.51. The first-order chi connectivity index (χ1) is 10.4. The van der Waals surface area contributed by atoms with Crippen LogP contribution >= 0.6 is 0 Å². The zero-order valence-corrected chi connectivity index (χ0v) is 13.3. The number of hydrogen-bond donors (Lipinski definition) is 2. The molecule has 1 amide bonds. The summed E-state index contributed by atoms with van der Waals surface area (Å²) in [5, 5.41) is 2.80. The summed E-state index contributed by atoms with van der Waals surface area (Å²) in [6, 6.07) is 0.279. The second kappa shape index (κ2) is 6.55. The van der Waals surface area contributed by atoms with E-state index in [4.69, 9.17) is 0 Å². The molecule has 0 aliphatic heterocycles. The quantitative estimate of drug-likeness (QED) is 0.862. The fourth-order valence-corrected chi connectivity index (χ4v) is 2.31. The lowest BCUT2D eigenvalue weighted by Gasteiger charge is -2.12. The van der Waals surface area contributed by atoms with E-state index in [0.717, 1.165) is 5.82 Å². The summed E-state index contributed by atoms with van der Waals surface area (Å²) >= 11 is 0. The Bertz CT molecular complexity index is 730. The molecule has 0 fully saturated rings. The molecule has 2 N–H and O–H groups in total. The number of hydrogen-bond acceptors (Lipinski definition) is 4. The zero-order valence-electron chi connectivity index (χ0n) is 13.3. The van der Waals surface area contributed by atoms with Crippen molar-refractivity contribution in [3.8, 4) is 0 Å². The van der Waals surface area contributed by atoms with E-state index in [1.165, 1.54) is 0 Å². The lowest BCUT2D eigenvalue weighted by Crippen LogP contribution is -2.30. The summed E-state index contributed by atoms with van der Waals surface area (Å²) in [6.07, 6.45) is 3.60. The fraction of sp³-hybridized carbons (Fsp3) is 0.467. The minimum Gasteiger partial charge on any atom is -0.349 e. The monoisotopic (exact) mass is 303 g/mol. The second-order valence-electron chi connectivity index (χ2n) is 5.51. The van der Waals surface area contributed by atoms with Crippen molar-refractivity contribution in [2.45, 2.75) is 46.7 Å². The average Bonchev–Trinajstić information content (AvgIpc) is 2.89. The van der Waals surface area contributed by atoms with E-state index in [2.05, 4.69) is 20.3 Å². The van der Waals surface area contributed by atoms with Crippen LogP contribution in [0.15, 0.2) is 17.2 Å². The minimum atomic E-state index is -0.260. The third kappa shape index (κ3) is 3.60. The Morgan fingerprint density at radius 3 is 2.77 bits per heavy atom. The van der Waals surface area contributed by atoms with E-state index in [1.54, 1.807) is 20.0 Å². The Balaban J connectivity index is 2.02. The van der Waals surface area contributed by atoms with Gasteiger partial charge in [0.15, 0.2) is 0 Å². The molecule has 0 aromatic carbocycles. The molecule has 7 nitrogen and oxygen atoms in total. The predicted octanol–water partition coefficient (Wildman–Crippen LogP) is 1.02. The van der Waals surface area contributed by atoms with Gasteiger partial charge in [0.25, 0.3) is 5.56 Å². The Hall–Kier alpha value is -2.44. The molecule has 0 atom stereocenters. The number of imidazole rings is 1. The van der Waals surface area contributed by atoms with Crippen molar-refractivity contribution < 1.29 is 4.79 Å². The van der Waals surface area contributed by atoms with Crippen molar-refractivity contribution in [1.82, 2.24) is 24.8 Å². The predicted molar refractivity (Wildman–Crippen MR) is 82.5 cm³/mol. The number of nitrogens with one attached hydrogen (secondary N) is 2. The molecule has 22 heavy (non-hydrogen) atoms. The standard InChI is InChI=1S/C15H21N5O2/c1-9(2)20-6-5-16-13(20)8-17-14(21)7-12-10(3)18-11(4)19-15(12)22/h5-6,9H,7-8H2,1-4H3,(H,17,21)(H,18,19,22). The van der Waals surface area contributed by atoms with E-state index >= 15 is 0 Å². The van der Waals surface area contributed by atoms with Crippen molar-refractivity contribution in [2.24, 2.45) is 0 Å². The molecule has 2 aromatic heterocycles. The fourth-order valence-electron chi connectivity index (χ4n) is 2.31. The highest BCUT2D eigenvalue weighted by Gasteiger charge is 2.13. The highest BCUT2D eigenvalue weighted by atomic mass is 16.2. The molecule has 0 saturated heterocycles. The van der Waals surface area contributed by atoms with Gasteiger partial charge in [-0.1, -0.05) is 0 Å². The lowest BCUT2D eigenvalue weighted by atomic mass is 10.1. The first kappa shape index (κ1) is 15.9. The Morgan fingerprint density at radius 2 is 2.14 bits per heavy atom. The van der Waals surface area contributed by atoms with E-state index in [0.29, 0.717) is 23.6 Å². The summed E-state index contributed by atoms with van der Waals surface area (Å²) in [4.78, 5) is 35.0. The van der Waals surface area contributed by atoms with Crippen LogP contribution in [0.5, 0.6) is 0 Å². The normalized spacial score (nSPS) is 11.0. The first-order valence-electron chi connectivity index (χ1n) is 7.23. The van der Waals surface area contributed by atoms with Gasteiger partial charge < -0.3 is 14.9 Å². The van der Waals surface area contributed by atoms with E-state index in [9.17, 15) is 9.59 Å². The topological polar surface area (TPSA) is 92.7 Å². The van der Waals surface area contributed by atoms with Gasteiger partial charge >= 0.3 is 0 Å². The average molecular weight is 303 g/mol. The minimum absolute atomic E-state index is 0.0107. The van der Waals surface area contributed by atoms with Crippen LogP contribution in [0.4, 0.5) is 0 Å². The highest BCUT2D eigenvalue weighted by Crippen LogP contribution is 2.07. The summed E-state index contributed by atoms with van der Waals surface area (Å²) in [5.74, 6) is 1.11. The van der Waals surface area contributed by atoms with Crippen LogP contribution in [0.25, 0.3) is 0 Å². The number of aryl methyl sites for hydroxylation is 2. The zero-order chi connectivity index (χ0) is 16.3. The third-order valence-corrected chi connectivity index (χ3v) is 3.43.